The molecule has 0 unspecified atom stereocenters. The van der Waals surface area contributed by atoms with E-state index < -0.39 is 0 Å². The summed E-state index contributed by atoms with van der Waals surface area (Å²) in [6, 6.07) is 8.95. The van der Waals surface area contributed by atoms with Gasteiger partial charge in [-0.2, -0.15) is 0 Å². The zero-order chi connectivity index (χ0) is 14.4. The molecule has 0 bridgehead atoms. The molecule has 0 radical (unpaired) electrons. The van der Waals surface area contributed by atoms with Crippen molar-refractivity contribution in [3.05, 3.63) is 29.8 Å². The first-order valence-electron chi connectivity index (χ1n) is 7.70. The number of rotatable bonds is 6. The third-order valence-corrected chi connectivity index (χ3v) is 4.44. The number of aliphatic hydroxyl groups is 1. The van der Waals surface area contributed by atoms with Gasteiger partial charge in [-0.05, 0) is 62.8 Å². The Hall–Kier alpha value is -1.06. The quantitative estimate of drug-likeness (QED) is 0.868. The van der Waals surface area contributed by atoms with Crippen molar-refractivity contribution in [3.63, 3.8) is 0 Å². The molecule has 112 valence electrons. The number of aliphatic hydroxyl groups excluding tert-OH is 1. The van der Waals surface area contributed by atoms with Crippen LogP contribution in [0, 0.1) is 5.92 Å². The van der Waals surface area contributed by atoms with Crippen molar-refractivity contribution >= 4 is 0 Å². The first kappa shape index (κ1) is 15.3. The van der Waals surface area contributed by atoms with Crippen molar-refractivity contribution in [3.8, 4) is 5.75 Å². The van der Waals surface area contributed by atoms with Crippen molar-refractivity contribution in [1.29, 1.82) is 0 Å². The van der Waals surface area contributed by atoms with Crippen molar-refractivity contribution in [2.24, 2.45) is 5.92 Å². The van der Waals surface area contributed by atoms with Gasteiger partial charge < -0.3 is 14.7 Å². The van der Waals surface area contributed by atoms with Gasteiger partial charge >= 0.3 is 0 Å². The molecular weight excluding hydrogens is 250 g/mol. The molecule has 1 saturated heterocycles. The highest BCUT2D eigenvalue weighted by Gasteiger charge is 2.22. The van der Waals surface area contributed by atoms with Crippen molar-refractivity contribution < 1.29 is 9.84 Å². The standard InChI is InChI=1S/C17H27NO2/c1-14(18-11-3-4-16(12-18)13-19)5-6-15-7-9-17(20-2)10-8-15/h7-10,14,16,19H,3-6,11-13H2,1-2H3/t14-,16-/m0/s1. The fourth-order valence-electron chi connectivity index (χ4n) is 3.00. The second kappa shape index (κ2) is 7.65. The molecule has 2 rings (SSSR count). The average molecular weight is 277 g/mol. The van der Waals surface area contributed by atoms with E-state index in [0.29, 0.717) is 18.6 Å². The number of nitrogens with zero attached hydrogens (tertiary/aromatic N) is 1. The molecule has 2 atom stereocenters. The smallest absolute Gasteiger partial charge is 0.118 e. The third kappa shape index (κ3) is 4.22. The second-order valence-electron chi connectivity index (χ2n) is 5.92. The van der Waals surface area contributed by atoms with Gasteiger partial charge in [0.25, 0.3) is 0 Å². The zero-order valence-corrected chi connectivity index (χ0v) is 12.7. The Bertz CT molecular complexity index is 390. The number of methoxy groups -OCH3 is 1. The van der Waals surface area contributed by atoms with Crippen LogP contribution in [0.5, 0.6) is 5.75 Å². The first-order valence-corrected chi connectivity index (χ1v) is 7.70. The largest absolute Gasteiger partial charge is 0.497 e. The Balaban J connectivity index is 1.80. The maximum atomic E-state index is 9.31. The Morgan fingerprint density at radius 1 is 1.35 bits per heavy atom. The Labute approximate surface area is 122 Å². The van der Waals surface area contributed by atoms with Crippen LogP contribution in [0.25, 0.3) is 0 Å². The Kier molecular flexibility index (Phi) is 5.86. The molecule has 0 aliphatic carbocycles. The van der Waals surface area contributed by atoms with Gasteiger partial charge in [0.1, 0.15) is 5.75 Å². The summed E-state index contributed by atoms with van der Waals surface area (Å²) < 4.78 is 5.18. The van der Waals surface area contributed by atoms with E-state index in [0.717, 1.165) is 18.7 Å². The average Bonchev–Trinajstić information content (AvgIpc) is 2.53. The van der Waals surface area contributed by atoms with Gasteiger partial charge in [-0.3, -0.25) is 0 Å². The zero-order valence-electron chi connectivity index (χ0n) is 12.7. The number of ether oxygens (including phenoxy) is 1. The minimum atomic E-state index is 0.335. The number of hydrogen-bond donors (Lipinski definition) is 1. The van der Waals surface area contributed by atoms with Crippen LogP contribution in [0.3, 0.4) is 0 Å². The van der Waals surface area contributed by atoms with Crippen molar-refractivity contribution in [2.45, 2.75) is 38.6 Å². The summed E-state index contributed by atoms with van der Waals surface area (Å²) in [4.78, 5) is 2.54. The highest BCUT2D eigenvalue weighted by molar-refractivity contribution is 5.27. The van der Waals surface area contributed by atoms with Crippen LogP contribution < -0.4 is 4.74 Å². The summed E-state index contributed by atoms with van der Waals surface area (Å²) in [6.45, 7) is 4.88. The molecule has 1 aromatic rings. The molecule has 1 heterocycles. The number of likely N-dealkylation sites (tertiary alicyclic amines) is 1. The fraction of sp³-hybridized carbons (Fsp3) is 0.647. The van der Waals surface area contributed by atoms with E-state index in [-0.39, 0.29) is 0 Å². The van der Waals surface area contributed by atoms with Crippen LogP contribution in [-0.4, -0.2) is 42.9 Å². The first-order chi connectivity index (χ1) is 9.72. The topological polar surface area (TPSA) is 32.7 Å². The van der Waals surface area contributed by atoms with Gasteiger partial charge in [-0.1, -0.05) is 12.1 Å². The molecule has 0 saturated carbocycles. The molecule has 1 aromatic carbocycles. The summed E-state index contributed by atoms with van der Waals surface area (Å²) in [6.07, 6.45) is 4.67. The lowest BCUT2D eigenvalue weighted by Gasteiger charge is -2.36. The van der Waals surface area contributed by atoms with Gasteiger partial charge in [-0.25, -0.2) is 0 Å². The van der Waals surface area contributed by atoms with Crippen molar-refractivity contribution in [1.82, 2.24) is 4.90 Å². The highest BCUT2D eigenvalue weighted by Crippen LogP contribution is 2.20. The maximum Gasteiger partial charge on any atom is 0.118 e. The Morgan fingerprint density at radius 3 is 2.75 bits per heavy atom. The van der Waals surface area contributed by atoms with E-state index in [1.807, 2.05) is 12.1 Å². The molecular formula is C17H27NO2. The summed E-state index contributed by atoms with van der Waals surface area (Å²) in [5.41, 5.74) is 1.37. The van der Waals surface area contributed by atoms with E-state index in [1.54, 1.807) is 7.11 Å². The van der Waals surface area contributed by atoms with Gasteiger partial charge in [0.2, 0.25) is 0 Å². The minimum Gasteiger partial charge on any atom is -0.497 e. The van der Waals surface area contributed by atoms with Crippen LogP contribution in [0.2, 0.25) is 0 Å². The lowest BCUT2D eigenvalue weighted by molar-refractivity contribution is 0.0906. The predicted octanol–water partition coefficient (Wildman–Crippen LogP) is 2.72. The summed E-state index contributed by atoms with van der Waals surface area (Å²) in [5.74, 6) is 1.40. The molecule has 20 heavy (non-hydrogen) atoms. The van der Waals surface area contributed by atoms with Gasteiger partial charge in [-0.15, -0.1) is 0 Å². The van der Waals surface area contributed by atoms with Crippen molar-refractivity contribution in [2.75, 3.05) is 26.8 Å². The third-order valence-electron chi connectivity index (χ3n) is 4.44. The summed E-state index contributed by atoms with van der Waals surface area (Å²) in [5, 5.41) is 9.31. The molecule has 0 spiro atoms. The van der Waals surface area contributed by atoms with E-state index in [1.165, 1.54) is 31.4 Å². The normalized spacial score (nSPS) is 21.6. The number of aryl methyl sites for hydroxylation is 1. The monoisotopic (exact) mass is 277 g/mol. The number of hydrogen-bond acceptors (Lipinski definition) is 3. The minimum absolute atomic E-state index is 0.335. The molecule has 0 amide bonds. The fourth-order valence-corrected chi connectivity index (χ4v) is 3.00. The lowest BCUT2D eigenvalue weighted by Crippen LogP contribution is -2.42. The second-order valence-corrected chi connectivity index (χ2v) is 5.92. The summed E-state index contributed by atoms with van der Waals surface area (Å²) >= 11 is 0. The SMILES string of the molecule is COc1ccc(CC[C@H](C)N2CCC[C@H](CO)C2)cc1. The molecule has 3 heteroatoms. The van der Waals surface area contributed by atoms with Gasteiger partial charge in [0.05, 0.1) is 7.11 Å². The van der Waals surface area contributed by atoms with Crippen LogP contribution in [-0.2, 0) is 6.42 Å². The number of benzene rings is 1. The van der Waals surface area contributed by atoms with Crippen LogP contribution in [0.1, 0.15) is 31.7 Å². The van der Waals surface area contributed by atoms with Crippen LogP contribution in [0.4, 0.5) is 0 Å². The van der Waals surface area contributed by atoms with Crippen LogP contribution >= 0.6 is 0 Å². The predicted molar refractivity (Wildman–Crippen MR) is 82.2 cm³/mol. The molecule has 0 aromatic heterocycles. The molecule has 1 aliphatic heterocycles. The van der Waals surface area contributed by atoms with Crippen LogP contribution in [0.15, 0.2) is 24.3 Å². The van der Waals surface area contributed by atoms with E-state index in [4.69, 9.17) is 4.74 Å². The lowest BCUT2D eigenvalue weighted by atomic mass is 9.96. The molecule has 1 fully saturated rings. The van der Waals surface area contributed by atoms with E-state index in [2.05, 4.69) is 24.0 Å². The molecule has 1 aliphatic rings. The molecule has 3 nitrogen and oxygen atoms in total. The summed E-state index contributed by atoms with van der Waals surface area (Å²) in [7, 11) is 1.70. The van der Waals surface area contributed by atoms with E-state index in [9.17, 15) is 5.11 Å². The maximum absolute atomic E-state index is 9.31. The van der Waals surface area contributed by atoms with E-state index >= 15 is 0 Å². The Morgan fingerprint density at radius 2 is 2.10 bits per heavy atom. The van der Waals surface area contributed by atoms with Gasteiger partial charge in [0, 0.05) is 19.2 Å². The van der Waals surface area contributed by atoms with Gasteiger partial charge in [0.15, 0.2) is 0 Å². The molecule has 1 N–H and O–H groups in total. The number of piperidine rings is 1. The highest BCUT2D eigenvalue weighted by atomic mass is 16.5.